The van der Waals surface area contributed by atoms with Crippen LogP contribution in [-0.2, 0) is 10.0 Å². The standard InChI is InChI=1S/C8H4F3N3O2S2/c9-4-1-6(11)7(2-5(4)10)18(15,16)14-8-12-3-13-17-8/h1-3H,(H,12,13,14). The van der Waals surface area contributed by atoms with Crippen molar-refractivity contribution in [2.75, 3.05) is 4.72 Å². The molecule has 0 spiro atoms. The normalized spacial score (nSPS) is 11.5. The van der Waals surface area contributed by atoms with Gasteiger partial charge in [-0.05, 0) is 0 Å². The molecule has 0 unspecified atom stereocenters. The van der Waals surface area contributed by atoms with E-state index in [0.717, 1.165) is 6.33 Å². The van der Waals surface area contributed by atoms with Gasteiger partial charge in [-0.3, -0.25) is 4.72 Å². The zero-order valence-corrected chi connectivity index (χ0v) is 10.0. The summed E-state index contributed by atoms with van der Waals surface area (Å²) in [7, 11) is -4.38. The number of sulfonamides is 1. The molecule has 0 fully saturated rings. The van der Waals surface area contributed by atoms with Gasteiger partial charge in [0.1, 0.15) is 17.0 Å². The van der Waals surface area contributed by atoms with Gasteiger partial charge in [0, 0.05) is 23.7 Å². The third-order valence-corrected chi connectivity index (χ3v) is 3.91. The van der Waals surface area contributed by atoms with E-state index in [-0.39, 0.29) is 17.3 Å². The number of nitrogens with one attached hydrogen (secondary N) is 1. The highest BCUT2D eigenvalue weighted by atomic mass is 32.2. The zero-order valence-electron chi connectivity index (χ0n) is 8.39. The largest absolute Gasteiger partial charge is 0.266 e. The first-order chi connectivity index (χ1) is 8.40. The maximum absolute atomic E-state index is 13.3. The number of anilines is 1. The molecule has 0 aliphatic heterocycles. The van der Waals surface area contributed by atoms with Crippen LogP contribution in [0, 0.1) is 17.5 Å². The Kier molecular flexibility index (Phi) is 3.22. The second kappa shape index (κ2) is 4.53. The number of rotatable bonds is 3. The predicted molar refractivity (Wildman–Crippen MR) is 57.0 cm³/mol. The first-order valence-corrected chi connectivity index (χ1v) is 6.60. The van der Waals surface area contributed by atoms with Gasteiger partial charge < -0.3 is 0 Å². The van der Waals surface area contributed by atoms with Gasteiger partial charge in [-0.2, -0.15) is 4.37 Å². The van der Waals surface area contributed by atoms with Gasteiger partial charge in [0.25, 0.3) is 10.0 Å². The average molecular weight is 295 g/mol. The summed E-state index contributed by atoms with van der Waals surface area (Å²) in [5.74, 6) is -4.33. The van der Waals surface area contributed by atoms with Crippen molar-refractivity contribution in [3.05, 3.63) is 35.9 Å². The molecule has 1 aromatic heterocycles. The van der Waals surface area contributed by atoms with Crippen LogP contribution in [0.3, 0.4) is 0 Å². The van der Waals surface area contributed by atoms with Gasteiger partial charge >= 0.3 is 0 Å². The molecule has 0 saturated heterocycles. The molecule has 1 N–H and O–H groups in total. The maximum atomic E-state index is 13.3. The van der Waals surface area contributed by atoms with Crippen molar-refractivity contribution in [3.63, 3.8) is 0 Å². The van der Waals surface area contributed by atoms with Crippen LogP contribution >= 0.6 is 11.5 Å². The molecule has 18 heavy (non-hydrogen) atoms. The molecular weight excluding hydrogens is 291 g/mol. The van der Waals surface area contributed by atoms with Crippen molar-refractivity contribution in [2.24, 2.45) is 0 Å². The van der Waals surface area contributed by atoms with E-state index in [9.17, 15) is 21.6 Å². The fourth-order valence-electron chi connectivity index (χ4n) is 1.10. The summed E-state index contributed by atoms with van der Waals surface area (Å²) in [6.45, 7) is 0. The molecule has 0 atom stereocenters. The highest BCUT2D eigenvalue weighted by Crippen LogP contribution is 2.21. The van der Waals surface area contributed by atoms with Crippen LogP contribution in [0.25, 0.3) is 0 Å². The number of benzene rings is 1. The topological polar surface area (TPSA) is 72.0 Å². The van der Waals surface area contributed by atoms with Gasteiger partial charge in [0.15, 0.2) is 11.6 Å². The Labute approximate surface area is 104 Å². The third kappa shape index (κ3) is 2.43. The smallest absolute Gasteiger partial charge is 0.253 e. The number of aromatic nitrogens is 2. The van der Waals surface area contributed by atoms with Crippen molar-refractivity contribution in [2.45, 2.75) is 4.90 Å². The summed E-state index contributed by atoms with van der Waals surface area (Å²) in [4.78, 5) is 2.52. The molecule has 1 heterocycles. The van der Waals surface area contributed by atoms with E-state index in [0.29, 0.717) is 11.5 Å². The predicted octanol–water partition coefficient (Wildman–Crippen LogP) is 1.76. The lowest BCUT2D eigenvalue weighted by molar-refractivity contribution is 0.482. The Hall–Kier alpha value is -1.68. The van der Waals surface area contributed by atoms with Crippen LogP contribution in [0.1, 0.15) is 0 Å². The molecule has 10 heteroatoms. The Morgan fingerprint density at radius 1 is 1.11 bits per heavy atom. The molecule has 2 aromatic rings. The summed E-state index contributed by atoms with van der Waals surface area (Å²) in [6, 6.07) is 0.415. The molecule has 0 bridgehead atoms. The summed E-state index contributed by atoms with van der Waals surface area (Å²) < 4.78 is 67.7. The molecule has 0 saturated carbocycles. The van der Waals surface area contributed by atoms with Crippen molar-refractivity contribution in [1.29, 1.82) is 0 Å². The van der Waals surface area contributed by atoms with Gasteiger partial charge in [-0.1, -0.05) is 0 Å². The van der Waals surface area contributed by atoms with Crippen LogP contribution < -0.4 is 4.72 Å². The Morgan fingerprint density at radius 3 is 2.39 bits per heavy atom. The van der Waals surface area contributed by atoms with E-state index in [1.165, 1.54) is 0 Å². The lowest BCUT2D eigenvalue weighted by Gasteiger charge is -2.06. The van der Waals surface area contributed by atoms with Crippen LogP contribution in [-0.4, -0.2) is 17.8 Å². The number of hydrogen-bond donors (Lipinski definition) is 1. The molecule has 1 aromatic carbocycles. The van der Waals surface area contributed by atoms with Gasteiger partial charge in [-0.25, -0.2) is 26.6 Å². The van der Waals surface area contributed by atoms with Crippen molar-refractivity contribution >= 4 is 26.7 Å². The van der Waals surface area contributed by atoms with Crippen LogP contribution in [0.5, 0.6) is 0 Å². The van der Waals surface area contributed by atoms with Crippen LogP contribution in [0.15, 0.2) is 23.4 Å². The molecule has 2 rings (SSSR count). The number of nitrogens with zero attached hydrogens (tertiary/aromatic N) is 2. The Morgan fingerprint density at radius 2 is 1.78 bits per heavy atom. The molecule has 0 amide bonds. The summed E-state index contributed by atoms with van der Waals surface area (Å²) in [6.07, 6.45) is 1.09. The monoisotopic (exact) mass is 295 g/mol. The van der Waals surface area contributed by atoms with E-state index in [4.69, 9.17) is 0 Å². The quantitative estimate of drug-likeness (QED) is 0.876. The van der Waals surface area contributed by atoms with Gasteiger partial charge in [-0.15, -0.1) is 0 Å². The summed E-state index contributed by atoms with van der Waals surface area (Å²) in [5, 5.41) is -0.112. The van der Waals surface area contributed by atoms with E-state index in [1.54, 1.807) is 0 Å². The molecule has 96 valence electrons. The lowest BCUT2D eigenvalue weighted by atomic mass is 10.3. The third-order valence-electron chi connectivity index (χ3n) is 1.85. The molecule has 0 radical (unpaired) electrons. The first kappa shape index (κ1) is 12.8. The molecule has 5 nitrogen and oxygen atoms in total. The van der Waals surface area contributed by atoms with E-state index < -0.39 is 32.4 Å². The Balaban J connectivity index is 2.44. The van der Waals surface area contributed by atoms with Crippen molar-refractivity contribution in [1.82, 2.24) is 9.36 Å². The second-order valence-corrected chi connectivity index (χ2v) is 5.48. The van der Waals surface area contributed by atoms with Crippen LogP contribution in [0.4, 0.5) is 18.3 Å². The van der Waals surface area contributed by atoms with Gasteiger partial charge in [0.2, 0.25) is 5.13 Å². The summed E-state index contributed by atoms with van der Waals surface area (Å²) >= 11 is 0.716. The first-order valence-electron chi connectivity index (χ1n) is 4.34. The van der Waals surface area contributed by atoms with Gasteiger partial charge in [0.05, 0.1) is 0 Å². The average Bonchev–Trinajstić information content (AvgIpc) is 2.75. The number of halogens is 3. The molecule has 0 aliphatic rings. The Bertz CT molecular complexity index is 673. The minimum atomic E-state index is -4.38. The lowest BCUT2D eigenvalue weighted by Crippen LogP contribution is -2.15. The second-order valence-electron chi connectivity index (χ2n) is 3.05. The molecule has 0 aliphatic carbocycles. The summed E-state index contributed by atoms with van der Waals surface area (Å²) in [5.41, 5.74) is 0. The van der Waals surface area contributed by atoms with Crippen LogP contribution in [0.2, 0.25) is 0 Å². The fourth-order valence-corrected chi connectivity index (χ4v) is 2.83. The highest BCUT2D eigenvalue weighted by Gasteiger charge is 2.23. The minimum Gasteiger partial charge on any atom is -0.253 e. The van der Waals surface area contributed by atoms with E-state index in [1.807, 2.05) is 4.72 Å². The zero-order chi connectivity index (χ0) is 13.3. The number of hydrogen-bond acceptors (Lipinski definition) is 5. The van der Waals surface area contributed by atoms with Crippen molar-refractivity contribution in [3.8, 4) is 0 Å². The van der Waals surface area contributed by atoms with E-state index >= 15 is 0 Å². The fraction of sp³-hybridized carbons (Fsp3) is 0. The highest BCUT2D eigenvalue weighted by molar-refractivity contribution is 7.93. The van der Waals surface area contributed by atoms with E-state index in [2.05, 4.69) is 9.36 Å². The molecular formula is C8H4F3N3O2S2. The van der Waals surface area contributed by atoms with Crippen molar-refractivity contribution < 1.29 is 21.6 Å². The maximum Gasteiger partial charge on any atom is 0.266 e. The minimum absolute atomic E-state index is 0.112. The SMILES string of the molecule is O=S(=O)(Nc1ncns1)c1cc(F)c(F)cc1F.